The minimum Gasteiger partial charge on any atom is -0.394 e. The molecule has 0 radical (unpaired) electrons. The lowest BCUT2D eigenvalue weighted by molar-refractivity contribution is -0.221. The Balaban J connectivity index is 2.17. The molecule has 0 aromatic heterocycles. The topological polar surface area (TPSA) is 177 Å². The lowest BCUT2D eigenvalue weighted by Gasteiger charge is -2.43. The van der Waals surface area contributed by atoms with E-state index in [-0.39, 0.29) is 6.42 Å². The molecule has 10 atom stereocenters. The molecule has 2 fully saturated rings. The minimum atomic E-state index is -2.06. The van der Waals surface area contributed by atoms with E-state index in [1.54, 1.807) is 0 Å². The molecule has 136 valence electrons. The summed E-state index contributed by atoms with van der Waals surface area (Å²) in [5.41, 5.74) is -1.46. The van der Waals surface area contributed by atoms with Crippen LogP contribution in [0.2, 0.25) is 0 Å². The molecule has 7 N–H and O–H groups in total. The van der Waals surface area contributed by atoms with E-state index in [2.05, 4.69) is 0 Å². The van der Waals surface area contributed by atoms with Gasteiger partial charge in [0.25, 0.3) is 0 Å². The molecule has 2 unspecified atom stereocenters. The Bertz CT molecular complexity index is 421. The Morgan fingerprint density at radius 2 is 1.48 bits per heavy atom. The first kappa shape index (κ1) is 19.1. The van der Waals surface area contributed by atoms with Gasteiger partial charge in [0, 0.05) is 0 Å². The van der Waals surface area contributed by atoms with Crippen LogP contribution in [0.1, 0.15) is 6.42 Å². The van der Waals surface area contributed by atoms with Gasteiger partial charge < -0.3 is 45.2 Å². The molecule has 2 aliphatic rings. The van der Waals surface area contributed by atoms with Gasteiger partial charge in [-0.25, -0.2) is 0 Å². The number of hydrogen-bond donors (Lipinski definition) is 7. The molecular weight excluding hydrogens is 336 g/mol. The molecule has 10 nitrogen and oxygen atoms in total. The molecule has 0 spiro atoms. The maximum atomic E-state index is 12.7. The van der Waals surface area contributed by atoms with Crippen LogP contribution in [-0.4, -0.2) is 107 Å². The van der Waals surface area contributed by atoms with E-state index >= 15 is 0 Å². The first-order valence-corrected chi connectivity index (χ1v) is 8.41. The summed E-state index contributed by atoms with van der Waals surface area (Å²) in [5.74, 6) is 0. The third-order valence-corrected chi connectivity index (χ3v) is 6.03. The third-order valence-electron chi connectivity index (χ3n) is 4.09. The molecule has 0 aromatic carbocycles. The molecular formula is C12H22O10S. The number of aliphatic hydroxyl groups excluding tert-OH is 7. The fourth-order valence-electron chi connectivity index (χ4n) is 2.70. The summed E-state index contributed by atoms with van der Waals surface area (Å²) in [6.07, 6.45) is -10.3. The molecule has 0 amide bonds. The van der Waals surface area contributed by atoms with Crippen molar-refractivity contribution < 1.29 is 49.4 Å². The van der Waals surface area contributed by atoms with Crippen molar-refractivity contribution in [1.29, 1.82) is 0 Å². The van der Waals surface area contributed by atoms with E-state index in [4.69, 9.17) is 14.6 Å². The second-order valence-corrected chi connectivity index (χ2v) is 7.34. The monoisotopic (exact) mass is 358 g/mol. The molecule has 2 aliphatic heterocycles. The van der Waals surface area contributed by atoms with Crippen LogP contribution in [0, 0.1) is 0 Å². The maximum absolute atomic E-state index is 12.7. The van der Waals surface area contributed by atoms with Crippen LogP contribution in [0.25, 0.3) is 0 Å². The highest BCUT2D eigenvalue weighted by atomic mass is 32.2. The van der Waals surface area contributed by atoms with E-state index in [1.807, 2.05) is 0 Å². The normalized spacial score (nSPS) is 49.8. The second kappa shape index (κ2) is 7.78. The van der Waals surface area contributed by atoms with Crippen LogP contribution in [0.5, 0.6) is 0 Å². The zero-order chi connectivity index (χ0) is 17.3. The Hall–Kier alpha value is -0.210. The Labute approximate surface area is 134 Å². The molecule has 0 saturated carbocycles. The average molecular weight is 358 g/mol. The number of ether oxygens (including phenoxy) is 2. The Morgan fingerprint density at radius 1 is 0.870 bits per heavy atom. The summed E-state index contributed by atoms with van der Waals surface area (Å²) < 4.78 is 22.8. The highest BCUT2D eigenvalue weighted by Crippen LogP contribution is 2.30. The average Bonchev–Trinajstić information content (AvgIpc) is 2.54. The predicted octanol–water partition coefficient (Wildman–Crippen LogP) is -4.64. The molecule has 2 heterocycles. The minimum absolute atomic E-state index is 0.186. The summed E-state index contributed by atoms with van der Waals surface area (Å²) in [6, 6.07) is 0. The van der Waals surface area contributed by atoms with Crippen molar-refractivity contribution in [1.82, 2.24) is 0 Å². The summed E-state index contributed by atoms with van der Waals surface area (Å²) in [4.78, 5) is 0. The summed E-state index contributed by atoms with van der Waals surface area (Å²) in [6.45, 7) is -1.25. The van der Waals surface area contributed by atoms with Crippen molar-refractivity contribution in [2.75, 3.05) is 13.2 Å². The van der Waals surface area contributed by atoms with E-state index in [0.717, 1.165) is 0 Å². The zero-order valence-electron chi connectivity index (χ0n) is 12.1. The van der Waals surface area contributed by atoms with Crippen molar-refractivity contribution in [3.8, 4) is 0 Å². The van der Waals surface area contributed by atoms with Gasteiger partial charge in [-0.05, 0) is 6.42 Å². The van der Waals surface area contributed by atoms with Gasteiger partial charge >= 0.3 is 0 Å². The highest BCUT2D eigenvalue weighted by Gasteiger charge is 2.50. The lowest BCUT2D eigenvalue weighted by Crippen LogP contribution is -2.62. The molecule has 23 heavy (non-hydrogen) atoms. The van der Waals surface area contributed by atoms with Crippen LogP contribution in [0.15, 0.2) is 0 Å². The maximum Gasteiger partial charge on any atom is 0.181 e. The van der Waals surface area contributed by atoms with Gasteiger partial charge in [-0.2, -0.15) is 0 Å². The molecule has 0 bridgehead atoms. The summed E-state index contributed by atoms with van der Waals surface area (Å²) in [7, 11) is -2.06. The standard InChI is InChI=1S/C12H22O10S/c13-2-5-7(1-4(15)11(19)21-5)23(20)12-10(18)9(17)8(16)6(3-14)22-12/h4-19H,1-3H2/t4-,5-,6-,7+,8+,9+,10-,11?,12+,23?/m1/s1. The van der Waals surface area contributed by atoms with Crippen LogP contribution in [-0.2, 0) is 20.3 Å². The molecule has 11 heteroatoms. The zero-order valence-corrected chi connectivity index (χ0v) is 12.9. The molecule has 2 rings (SSSR count). The van der Waals surface area contributed by atoms with E-state index < -0.39 is 77.6 Å². The first-order valence-electron chi connectivity index (χ1n) is 7.14. The first-order chi connectivity index (χ1) is 10.8. The molecule has 2 saturated heterocycles. The van der Waals surface area contributed by atoms with Crippen molar-refractivity contribution in [2.24, 2.45) is 0 Å². The van der Waals surface area contributed by atoms with Gasteiger partial charge in [0.2, 0.25) is 0 Å². The smallest absolute Gasteiger partial charge is 0.181 e. The van der Waals surface area contributed by atoms with Crippen molar-refractivity contribution in [3.63, 3.8) is 0 Å². The lowest BCUT2D eigenvalue weighted by atomic mass is 10.0. The van der Waals surface area contributed by atoms with E-state index in [1.165, 1.54) is 0 Å². The van der Waals surface area contributed by atoms with Gasteiger partial charge in [0.1, 0.15) is 30.5 Å². The van der Waals surface area contributed by atoms with Crippen molar-refractivity contribution in [3.05, 3.63) is 0 Å². The number of hydrogen-bond acceptors (Lipinski definition) is 10. The van der Waals surface area contributed by atoms with Gasteiger partial charge in [-0.15, -0.1) is 0 Å². The van der Waals surface area contributed by atoms with Gasteiger partial charge in [-0.3, -0.25) is 4.21 Å². The fraction of sp³-hybridized carbons (Fsp3) is 1.00. The van der Waals surface area contributed by atoms with Gasteiger partial charge in [0.15, 0.2) is 11.7 Å². The predicted molar refractivity (Wildman–Crippen MR) is 74.3 cm³/mol. The van der Waals surface area contributed by atoms with Gasteiger partial charge in [0.05, 0.1) is 35.4 Å². The largest absolute Gasteiger partial charge is 0.394 e. The van der Waals surface area contributed by atoms with Crippen LogP contribution < -0.4 is 0 Å². The van der Waals surface area contributed by atoms with E-state index in [0.29, 0.717) is 0 Å². The third kappa shape index (κ3) is 3.74. The quantitative estimate of drug-likeness (QED) is 0.258. The second-order valence-electron chi connectivity index (χ2n) is 5.61. The van der Waals surface area contributed by atoms with Gasteiger partial charge in [-0.1, -0.05) is 0 Å². The van der Waals surface area contributed by atoms with Crippen LogP contribution >= 0.6 is 0 Å². The molecule has 0 aliphatic carbocycles. The Morgan fingerprint density at radius 3 is 2.04 bits per heavy atom. The van der Waals surface area contributed by atoms with E-state index in [9.17, 15) is 34.8 Å². The van der Waals surface area contributed by atoms with Crippen LogP contribution in [0.3, 0.4) is 0 Å². The van der Waals surface area contributed by atoms with Crippen molar-refractivity contribution in [2.45, 2.75) is 60.0 Å². The summed E-state index contributed by atoms with van der Waals surface area (Å²) in [5, 5.41) is 65.9. The highest BCUT2D eigenvalue weighted by molar-refractivity contribution is 7.86. The number of aliphatic hydroxyl groups is 7. The fourth-order valence-corrected chi connectivity index (χ4v) is 4.57. The SMILES string of the molecule is O=S([C@@H]1O[C@H](CO)[C@H](O)[C@H](O)[C@H]1O)[C@H]1C[C@@H](O)C(O)O[C@@H]1CO. The summed E-state index contributed by atoms with van der Waals surface area (Å²) >= 11 is 0. The van der Waals surface area contributed by atoms with Crippen molar-refractivity contribution >= 4 is 10.8 Å². The molecule has 0 aromatic rings. The Kier molecular flexibility index (Phi) is 6.47. The number of rotatable bonds is 4. The van der Waals surface area contributed by atoms with Crippen LogP contribution in [0.4, 0.5) is 0 Å².